The lowest BCUT2D eigenvalue weighted by atomic mass is 9.79. The molecule has 7 heteroatoms. The van der Waals surface area contributed by atoms with Gasteiger partial charge in [0.1, 0.15) is 5.75 Å². The zero-order valence-corrected chi connectivity index (χ0v) is 20.8. The van der Waals surface area contributed by atoms with Crippen LogP contribution >= 0.6 is 11.3 Å². The van der Waals surface area contributed by atoms with Gasteiger partial charge >= 0.3 is 5.97 Å². The number of hydrogen-bond donors (Lipinski definition) is 1. The highest BCUT2D eigenvalue weighted by Gasteiger charge is 2.29. The zero-order chi connectivity index (χ0) is 23.8. The number of carboxylic acid groups (broad SMARTS) is 1. The first-order valence-electron chi connectivity index (χ1n) is 12.4. The normalized spacial score (nSPS) is 18.9. The second kappa shape index (κ2) is 12.3. The lowest BCUT2D eigenvalue weighted by Crippen LogP contribution is -2.41. The number of pyridine rings is 1. The summed E-state index contributed by atoms with van der Waals surface area (Å²) in [6.45, 7) is 3.20. The number of methoxy groups -OCH3 is 1. The fraction of sp³-hybridized carbons (Fsp3) is 0.519. The van der Waals surface area contributed by atoms with Crippen LogP contribution in [0, 0.1) is 11.8 Å². The second-order valence-corrected chi connectivity index (χ2v) is 10.3. The molecule has 0 bridgehead atoms. The number of thiazole rings is 1. The number of fused-ring (bicyclic) bond motifs is 1. The van der Waals surface area contributed by atoms with E-state index in [-0.39, 0.29) is 6.42 Å². The summed E-state index contributed by atoms with van der Waals surface area (Å²) in [5.74, 6) is 1.23. The molecule has 2 atom stereocenters. The van der Waals surface area contributed by atoms with Gasteiger partial charge in [-0.25, -0.2) is 4.98 Å². The van der Waals surface area contributed by atoms with Gasteiger partial charge in [0.15, 0.2) is 0 Å². The van der Waals surface area contributed by atoms with Gasteiger partial charge in [0, 0.05) is 42.5 Å². The molecule has 0 aliphatic carbocycles. The van der Waals surface area contributed by atoms with Crippen molar-refractivity contribution in [1.82, 2.24) is 14.9 Å². The predicted molar refractivity (Wildman–Crippen MR) is 137 cm³/mol. The van der Waals surface area contributed by atoms with Crippen LogP contribution in [-0.2, 0) is 17.6 Å². The minimum atomic E-state index is -0.683. The third-order valence-electron chi connectivity index (χ3n) is 7.11. The minimum absolute atomic E-state index is 0.267. The van der Waals surface area contributed by atoms with Crippen molar-refractivity contribution in [2.75, 3.05) is 26.7 Å². The van der Waals surface area contributed by atoms with E-state index in [9.17, 15) is 9.90 Å². The van der Waals surface area contributed by atoms with E-state index in [1.807, 2.05) is 29.9 Å². The molecule has 1 aliphatic rings. The van der Waals surface area contributed by atoms with Crippen molar-refractivity contribution in [3.8, 4) is 5.75 Å². The van der Waals surface area contributed by atoms with Gasteiger partial charge in [-0.1, -0.05) is 0 Å². The van der Waals surface area contributed by atoms with Gasteiger partial charge in [0.05, 0.1) is 17.6 Å². The van der Waals surface area contributed by atoms with Crippen LogP contribution in [0.25, 0.3) is 10.9 Å². The Kier molecular flexibility index (Phi) is 8.88. The molecule has 1 fully saturated rings. The molecule has 3 aromatic rings. The van der Waals surface area contributed by atoms with Gasteiger partial charge in [0.2, 0.25) is 0 Å². The number of carboxylic acids is 1. The maximum absolute atomic E-state index is 11.3. The van der Waals surface area contributed by atoms with Gasteiger partial charge < -0.3 is 14.7 Å². The van der Waals surface area contributed by atoms with E-state index < -0.39 is 5.97 Å². The lowest BCUT2D eigenvalue weighted by molar-refractivity contribution is -0.137. The number of aryl methyl sites for hydroxylation is 2. The number of likely N-dealkylation sites (tertiary alicyclic amines) is 1. The predicted octanol–water partition coefficient (Wildman–Crippen LogP) is 5.46. The largest absolute Gasteiger partial charge is 0.497 e. The number of rotatable bonds is 12. The van der Waals surface area contributed by atoms with E-state index in [4.69, 9.17) is 4.74 Å². The number of aromatic nitrogens is 2. The maximum atomic E-state index is 11.3. The van der Waals surface area contributed by atoms with Crippen LogP contribution < -0.4 is 4.74 Å². The molecule has 0 saturated carbocycles. The quantitative estimate of drug-likeness (QED) is 0.370. The fourth-order valence-corrected chi connectivity index (χ4v) is 5.95. The molecule has 2 unspecified atom stereocenters. The Labute approximate surface area is 206 Å². The van der Waals surface area contributed by atoms with Crippen molar-refractivity contribution in [3.05, 3.63) is 52.6 Å². The van der Waals surface area contributed by atoms with E-state index in [1.165, 1.54) is 16.0 Å². The van der Waals surface area contributed by atoms with E-state index in [2.05, 4.69) is 27.0 Å². The molecule has 1 saturated heterocycles. The molecule has 1 aromatic carbocycles. The molecular weight excluding hydrogens is 446 g/mol. The number of nitrogens with zero attached hydrogens (tertiary/aromatic N) is 3. The fourth-order valence-electron chi connectivity index (χ4n) is 5.29. The molecular formula is C27H35N3O3S. The summed E-state index contributed by atoms with van der Waals surface area (Å²) in [5, 5.41) is 13.7. The first-order chi connectivity index (χ1) is 16.6. The zero-order valence-electron chi connectivity index (χ0n) is 20.0. The third kappa shape index (κ3) is 6.76. The van der Waals surface area contributed by atoms with Crippen molar-refractivity contribution < 1.29 is 14.6 Å². The van der Waals surface area contributed by atoms with Crippen molar-refractivity contribution in [3.63, 3.8) is 0 Å². The van der Waals surface area contributed by atoms with Gasteiger partial charge in [-0.05, 0) is 93.3 Å². The Morgan fingerprint density at radius 1 is 1.15 bits per heavy atom. The van der Waals surface area contributed by atoms with Crippen LogP contribution in [0.15, 0.2) is 42.0 Å². The molecule has 34 heavy (non-hydrogen) atoms. The van der Waals surface area contributed by atoms with E-state index >= 15 is 0 Å². The molecule has 0 amide bonds. The van der Waals surface area contributed by atoms with Crippen molar-refractivity contribution in [2.45, 2.75) is 51.4 Å². The molecule has 3 heterocycles. The number of ether oxygens (including phenoxy) is 1. The Balaban J connectivity index is 1.32. The summed E-state index contributed by atoms with van der Waals surface area (Å²) in [6.07, 6.45) is 11.4. The lowest BCUT2D eigenvalue weighted by Gasteiger charge is -2.39. The minimum Gasteiger partial charge on any atom is -0.497 e. The van der Waals surface area contributed by atoms with Gasteiger partial charge in [-0.3, -0.25) is 9.78 Å². The van der Waals surface area contributed by atoms with Crippen LogP contribution in [0.2, 0.25) is 0 Å². The van der Waals surface area contributed by atoms with Crippen LogP contribution in [0.3, 0.4) is 0 Å². The van der Waals surface area contributed by atoms with Crippen molar-refractivity contribution >= 4 is 28.2 Å². The van der Waals surface area contributed by atoms with E-state index in [0.29, 0.717) is 11.8 Å². The average Bonchev–Trinajstić information content (AvgIpc) is 3.37. The smallest absolute Gasteiger partial charge is 0.303 e. The van der Waals surface area contributed by atoms with Crippen LogP contribution in [0.5, 0.6) is 5.75 Å². The number of benzene rings is 1. The first kappa shape index (κ1) is 24.6. The molecule has 182 valence electrons. The SMILES string of the molecule is COc1ccc2nccc(CCCC3CCN(CCCc4nccs4)CC3CCC(=O)O)c2c1. The summed E-state index contributed by atoms with van der Waals surface area (Å²) in [5.41, 5.74) is 2.31. The topological polar surface area (TPSA) is 75.5 Å². The molecule has 0 radical (unpaired) electrons. The second-order valence-electron chi connectivity index (χ2n) is 9.32. The number of aliphatic carboxylic acids is 1. The average molecular weight is 482 g/mol. The summed E-state index contributed by atoms with van der Waals surface area (Å²) in [4.78, 5) is 22.7. The highest BCUT2D eigenvalue weighted by atomic mass is 32.1. The molecule has 4 rings (SSSR count). The summed E-state index contributed by atoms with van der Waals surface area (Å²) in [6, 6.07) is 8.17. The standard InChI is InChI=1S/C27H35N3O3S/c1-33-23-8-9-25-24(18-23)21(11-13-28-25)5-2-4-20-12-16-30(19-22(20)7-10-27(31)32)15-3-6-26-29-14-17-34-26/h8-9,11,13-14,17-18,20,22H,2-7,10,12,15-16,19H2,1H3,(H,31,32). The van der Waals surface area contributed by atoms with Crippen LogP contribution in [0.4, 0.5) is 0 Å². The monoisotopic (exact) mass is 481 g/mol. The van der Waals surface area contributed by atoms with E-state index in [0.717, 1.165) is 75.8 Å². The van der Waals surface area contributed by atoms with Crippen LogP contribution in [-0.4, -0.2) is 52.7 Å². The number of hydrogen-bond acceptors (Lipinski definition) is 6. The first-order valence-corrected chi connectivity index (χ1v) is 13.2. The maximum Gasteiger partial charge on any atom is 0.303 e. The van der Waals surface area contributed by atoms with Gasteiger partial charge in [-0.15, -0.1) is 11.3 Å². The van der Waals surface area contributed by atoms with E-state index in [1.54, 1.807) is 18.4 Å². The Morgan fingerprint density at radius 2 is 2.06 bits per heavy atom. The Morgan fingerprint density at radius 3 is 2.85 bits per heavy atom. The molecule has 0 spiro atoms. The van der Waals surface area contributed by atoms with Crippen molar-refractivity contribution in [2.24, 2.45) is 11.8 Å². The molecule has 6 nitrogen and oxygen atoms in total. The summed E-state index contributed by atoms with van der Waals surface area (Å²) >= 11 is 1.73. The van der Waals surface area contributed by atoms with Gasteiger partial charge in [0.25, 0.3) is 0 Å². The Hall–Kier alpha value is -2.51. The highest BCUT2D eigenvalue weighted by Crippen LogP contribution is 2.32. The van der Waals surface area contributed by atoms with Gasteiger partial charge in [-0.2, -0.15) is 0 Å². The molecule has 1 N–H and O–H groups in total. The molecule has 2 aromatic heterocycles. The molecule has 1 aliphatic heterocycles. The third-order valence-corrected chi connectivity index (χ3v) is 7.95. The number of carbonyl (C=O) groups is 1. The Bertz CT molecular complexity index is 1060. The van der Waals surface area contributed by atoms with Crippen LogP contribution in [0.1, 0.15) is 49.1 Å². The number of piperidine rings is 1. The summed E-state index contributed by atoms with van der Waals surface area (Å²) < 4.78 is 5.41. The summed E-state index contributed by atoms with van der Waals surface area (Å²) in [7, 11) is 1.69. The highest BCUT2D eigenvalue weighted by molar-refractivity contribution is 7.09. The van der Waals surface area contributed by atoms with Crippen molar-refractivity contribution in [1.29, 1.82) is 0 Å².